The summed E-state index contributed by atoms with van der Waals surface area (Å²) in [5.41, 5.74) is 3.06. The van der Waals surface area contributed by atoms with Gasteiger partial charge in [0.15, 0.2) is 0 Å². The van der Waals surface area contributed by atoms with Crippen molar-refractivity contribution in [2.24, 2.45) is 34.0 Å². The van der Waals surface area contributed by atoms with Crippen molar-refractivity contribution >= 4 is 5.91 Å². The fourth-order valence-electron chi connectivity index (χ4n) is 6.83. The molecule has 8 nitrogen and oxygen atoms in total. The van der Waals surface area contributed by atoms with Crippen LogP contribution in [-0.2, 0) is 14.3 Å². The van der Waals surface area contributed by atoms with Crippen molar-refractivity contribution in [1.29, 1.82) is 0 Å². The Morgan fingerprint density at radius 2 is 1.76 bits per heavy atom. The number of nitrogens with one attached hydrogen (secondary N) is 1. The fourth-order valence-corrected chi connectivity index (χ4v) is 6.83. The number of nitrogens with zero attached hydrogens (tertiary/aromatic N) is 4. The summed E-state index contributed by atoms with van der Waals surface area (Å²) >= 11 is 0. The van der Waals surface area contributed by atoms with Crippen LogP contribution in [0.4, 0.5) is 17.6 Å². The predicted molar refractivity (Wildman–Crippen MR) is 126 cm³/mol. The third-order valence-electron chi connectivity index (χ3n) is 9.06. The number of ether oxygens (including phenoxy) is 2. The van der Waals surface area contributed by atoms with Crippen molar-refractivity contribution in [3.8, 4) is 0 Å². The first-order valence-electron chi connectivity index (χ1n) is 13.8. The number of rotatable bonds is 7. The molecule has 2 saturated heterocycles. The summed E-state index contributed by atoms with van der Waals surface area (Å²) in [5, 5.41) is 8.15. The molecule has 2 saturated carbocycles. The lowest BCUT2D eigenvalue weighted by Crippen LogP contribution is -2.43. The highest BCUT2D eigenvalue weighted by Crippen LogP contribution is 2.36. The summed E-state index contributed by atoms with van der Waals surface area (Å²) in [6.07, 6.45) is -0.720. The van der Waals surface area contributed by atoms with E-state index in [0.29, 0.717) is 37.3 Å². The average molecular weight is 534 g/mol. The number of carbonyl (C=O) groups is 1. The zero-order valence-electron chi connectivity index (χ0n) is 21.3. The van der Waals surface area contributed by atoms with E-state index in [0.717, 1.165) is 58.3 Å². The molecule has 5 rings (SSSR count). The lowest BCUT2D eigenvalue weighted by Gasteiger charge is -2.32. The van der Waals surface area contributed by atoms with Crippen LogP contribution < -0.4 is 5.43 Å². The summed E-state index contributed by atoms with van der Waals surface area (Å²) in [5.74, 6) is 1.06. The van der Waals surface area contributed by atoms with E-state index in [2.05, 4.69) is 25.6 Å². The van der Waals surface area contributed by atoms with Gasteiger partial charge in [0.05, 0.1) is 31.5 Å². The second kappa shape index (κ2) is 11.7. The highest BCUT2D eigenvalue weighted by molar-refractivity contribution is 5.79. The molecule has 37 heavy (non-hydrogen) atoms. The van der Waals surface area contributed by atoms with E-state index in [9.17, 15) is 22.4 Å². The molecule has 1 N–H and O–H groups in total. The molecular formula is C25H39F4N5O3. The minimum Gasteiger partial charge on any atom is -0.369 e. The van der Waals surface area contributed by atoms with E-state index in [1.165, 1.54) is 0 Å². The number of alkyl halides is 4. The van der Waals surface area contributed by atoms with Gasteiger partial charge >= 0.3 is 6.18 Å². The number of carbonyl (C=O) groups excluding carboxylic acids is 1. The molecule has 1 amide bonds. The molecule has 4 fully saturated rings. The Labute approximate surface area is 215 Å². The van der Waals surface area contributed by atoms with Crippen LogP contribution in [-0.4, -0.2) is 92.4 Å². The minimum absolute atomic E-state index is 0.00429. The lowest BCUT2D eigenvalue weighted by atomic mass is 9.82. The van der Waals surface area contributed by atoms with Crippen LogP contribution in [0.3, 0.4) is 0 Å². The maximum Gasteiger partial charge on any atom is 0.411 e. The minimum atomic E-state index is -4.38. The van der Waals surface area contributed by atoms with E-state index < -0.39 is 25.1 Å². The normalized spacial score (nSPS) is 38.6. The first-order valence-corrected chi connectivity index (χ1v) is 13.8. The van der Waals surface area contributed by atoms with Gasteiger partial charge in [-0.3, -0.25) is 15.1 Å². The quantitative estimate of drug-likeness (QED) is 0.505. The summed E-state index contributed by atoms with van der Waals surface area (Å²) in [4.78, 5) is 17.6. The number of hydrogen-bond acceptors (Lipinski definition) is 7. The number of amides is 1. The Balaban J connectivity index is 0.989. The second-order valence-electron chi connectivity index (χ2n) is 11.6. The topological polar surface area (TPSA) is 78.8 Å². The van der Waals surface area contributed by atoms with Crippen molar-refractivity contribution in [1.82, 2.24) is 15.2 Å². The third-order valence-corrected chi connectivity index (χ3v) is 9.06. The van der Waals surface area contributed by atoms with Gasteiger partial charge in [0.2, 0.25) is 5.91 Å². The fraction of sp³-hybridized carbons (Fsp3) is 0.960. The number of hydrogen-bond donors (Lipinski definition) is 1. The number of halogens is 4. The highest BCUT2D eigenvalue weighted by atomic mass is 19.4. The average Bonchev–Trinajstić information content (AvgIpc) is 3.46. The lowest BCUT2D eigenvalue weighted by molar-refractivity contribution is -0.191. The van der Waals surface area contributed by atoms with E-state index in [1.807, 2.05) is 0 Å². The summed E-state index contributed by atoms with van der Waals surface area (Å²) in [7, 11) is 0. The van der Waals surface area contributed by atoms with E-state index in [4.69, 9.17) is 9.47 Å². The van der Waals surface area contributed by atoms with Gasteiger partial charge in [-0.25, -0.2) is 4.39 Å². The van der Waals surface area contributed by atoms with Crippen LogP contribution >= 0.6 is 0 Å². The van der Waals surface area contributed by atoms with Crippen molar-refractivity contribution in [2.45, 2.75) is 81.9 Å². The Morgan fingerprint density at radius 1 is 1.00 bits per heavy atom. The third kappa shape index (κ3) is 6.92. The zero-order chi connectivity index (χ0) is 26.0. The van der Waals surface area contributed by atoms with Gasteiger partial charge in [0.25, 0.3) is 0 Å². The Hall–Kier alpha value is -1.53. The van der Waals surface area contributed by atoms with Crippen LogP contribution in [0.5, 0.6) is 0 Å². The number of fused-ring (bicyclic) bond motifs is 2. The molecule has 0 aromatic heterocycles. The van der Waals surface area contributed by atoms with Gasteiger partial charge in [-0.15, -0.1) is 0 Å². The number of likely N-dealkylation sites (tertiary alicyclic amines) is 2. The molecule has 8 atom stereocenters. The first kappa shape index (κ1) is 27.1. The molecule has 0 spiro atoms. The molecule has 210 valence electrons. The van der Waals surface area contributed by atoms with Gasteiger partial charge in [-0.1, -0.05) is 5.22 Å². The molecular weight excluding hydrogens is 494 g/mol. The zero-order valence-corrected chi connectivity index (χ0v) is 21.3. The largest absolute Gasteiger partial charge is 0.411 e. The van der Waals surface area contributed by atoms with E-state index in [1.54, 1.807) is 0 Å². The molecule has 0 bridgehead atoms. The Morgan fingerprint density at radius 3 is 2.46 bits per heavy atom. The summed E-state index contributed by atoms with van der Waals surface area (Å²) in [6, 6.07) is 0.430. The van der Waals surface area contributed by atoms with Gasteiger partial charge in [-0.2, -0.15) is 18.3 Å². The molecule has 5 aliphatic rings. The van der Waals surface area contributed by atoms with Gasteiger partial charge in [-0.05, 0) is 56.8 Å². The molecule has 3 heterocycles. The van der Waals surface area contributed by atoms with Gasteiger partial charge in [0, 0.05) is 44.4 Å². The molecule has 0 radical (unpaired) electrons. The maximum atomic E-state index is 14.5. The van der Waals surface area contributed by atoms with Crippen molar-refractivity contribution in [3.63, 3.8) is 0 Å². The standard InChI is InChI=1S/C25H39F4N5O3/c26-21-10-20(37-14-25(27,28)29)3-1-19(21)13-36-15-33-7-5-17-11-34(12-18(17)6-8-33)24(35)16-2-4-22-23(9-16)31-32-30-22/h16-23H,1-15H2,(H,30,31). The maximum absolute atomic E-state index is 14.5. The molecule has 12 heteroatoms. The van der Waals surface area contributed by atoms with Crippen molar-refractivity contribution in [3.05, 3.63) is 0 Å². The molecule has 0 aromatic carbocycles. The SMILES string of the molecule is O=C(C1CCC2N=NNC2C1)N1CC2CCN(COCC3CCC(OCC(F)(F)F)CC3F)CCC2C1. The summed E-state index contributed by atoms with van der Waals surface area (Å²) < 4.78 is 62.2. The van der Waals surface area contributed by atoms with Gasteiger partial charge in [0.1, 0.15) is 12.8 Å². The second-order valence-corrected chi connectivity index (χ2v) is 11.6. The van der Waals surface area contributed by atoms with Gasteiger partial charge < -0.3 is 14.4 Å². The molecule has 2 aliphatic carbocycles. The predicted octanol–water partition coefficient (Wildman–Crippen LogP) is 3.72. The Bertz CT molecular complexity index is 802. The van der Waals surface area contributed by atoms with Crippen LogP contribution in [0.2, 0.25) is 0 Å². The van der Waals surface area contributed by atoms with Crippen molar-refractivity contribution < 1.29 is 31.8 Å². The first-order chi connectivity index (χ1) is 17.7. The van der Waals surface area contributed by atoms with Crippen molar-refractivity contribution in [2.75, 3.05) is 46.1 Å². The molecule has 3 aliphatic heterocycles. The molecule has 8 unspecified atom stereocenters. The monoisotopic (exact) mass is 533 g/mol. The van der Waals surface area contributed by atoms with Crippen LogP contribution in [0.1, 0.15) is 51.4 Å². The molecule has 0 aromatic rings. The van der Waals surface area contributed by atoms with E-state index >= 15 is 0 Å². The van der Waals surface area contributed by atoms with Crippen LogP contribution in [0, 0.1) is 23.7 Å². The van der Waals surface area contributed by atoms with Crippen LogP contribution in [0.15, 0.2) is 10.3 Å². The van der Waals surface area contributed by atoms with E-state index in [-0.39, 0.29) is 36.9 Å². The smallest absolute Gasteiger partial charge is 0.369 e. The Kier molecular flexibility index (Phi) is 8.55. The highest BCUT2D eigenvalue weighted by Gasteiger charge is 2.42. The summed E-state index contributed by atoms with van der Waals surface area (Å²) in [6.45, 7) is 2.83. The van der Waals surface area contributed by atoms with Crippen LogP contribution in [0.25, 0.3) is 0 Å².